The third-order valence-corrected chi connectivity index (χ3v) is 15.6. The van der Waals surface area contributed by atoms with E-state index in [0.717, 1.165) is 3.57 Å². The molecule has 4 nitrogen and oxygen atoms in total. The van der Waals surface area contributed by atoms with Gasteiger partial charge in [-0.25, -0.2) is 0 Å². The molecule has 0 spiro atoms. The van der Waals surface area contributed by atoms with Gasteiger partial charge in [-0.05, 0) is 0 Å². The molecule has 0 aromatic heterocycles. The van der Waals surface area contributed by atoms with Crippen LogP contribution in [0, 0.1) is 13.0 Å². The van der Waals surface area contributed by atoms with E-state index in [1.807, 2.05) is 6.07 Å². The molecule has 0 unspecified atom stereocenters. The number of rotatable bonds is 5. The van der Waals surface area contributed by atoms with Gasteiger partial charge in [-0.3, -0.25) is 0 Å². The molecule has 0 aliphatic carbocycles. The first-order chi connectivity index (χ1) is 12.2. The Kier molecular flexibility index (Phi) is 6.67. The van der Waals surface area contributed by atoms with E-state index >= 15 is 0 Å². The van der Waals surface area contributed by atoms with Gasteiger partial charge in [0.05, 0.1) is 0 Å². The first-order valence-electron chi connectivity index (χ1n) is 8.90. The number of fused-ring (bicyclic) bond motifs is 1. The monoisotopic (exact) mass is 488 g/mol. The van der Waals surface area contributed by atoms with Crippen molar-refractivity contribution >= 4 is 34.3 Å². The van der Waals surface area contributed by atoms with Gasteiger partial charge >= 0.3 is 166 Å². The fourth-order valence-electron chi connectivity index (χ4n) is 3.93. The van der Waals surface area contributed by atoms with Crippen LogP contribution in [-0.2, 0) is 3.07 Å². The van der Waals surface area contributed by atoms with E-state index in [0.29, 0.717) is 33.7 Å². The fourth-order valence-corrected chi connectivity index (χ4v) is 13.9. The number of methoxy groups -OCH3 is 2. The van der Waals surface area contributed by atoms with Gasteiger partial charge in [-0.15, -0.1) is 0 Å². The molecule has 1 aromatic carbocycles. The fraction of sp³-hybridized carbons (Fsp3) is 0.550. The van der Waals surface area contributed by atoms with Gasteiger partial charge in [-0.1, -0.05) is 0 Å². The van der Waals surface area contributed by atoms with Gasteiger partial charge in [0.15, 0.2) is 0 Å². The molecule has 0 saturated heterocycles. The van der Waals surface area contributed by atoms with E-state index in [9.17, 15) is 4.79 Å². The van der Waals surface area contributed by atoms with Crippen LogP contribution in [0.3, 0.4) is 0 Å². The van der Waals surface area contributed by atoms with Gasteiger partial charge in [0.2, 0.25) is 0 Å². The van der Waals surface area contributed by atoms with Crippen LogP contribution in [0.15, 0.2) is 12.1 Å². The molecule has 0 radical (unpaired) electrons. The number of carbonyl (C=O) groups is 1. The molecule has 0 amide bonds. The number of hydrogen-bond donors (Lipinski definition) is 0. The van der Waals surface area contributed by atoms with Crippen molar-refractivity contribution < 1.29 is 17.3 Å². The third-order valence-electron chi connectivity index (χ3n) is 5.24. The molecule has 1 heterocycles. The summed E-state index contributed by atoms with van der Waals surface area (Å²) in [7, 11) is 1.31. The summed E-state index contributed by atoms with van der Waals surface area (Å²) in [4.78, 5) is 12.3. The zero-order valence-electron chi connectivity index (χ0n) is 16.9. The van der Waals surface area contributed by atoms with Crippen molar-refractivity contribution in [2.24, 2.45) is 0 Å². The Morgan fingerprint density at radius 1 is 0.962 bits per heavy atom. The second kappa shape index (κ2) is 8.22. The molecule has 0 N–H and O–H groups in total. The van der Waals surface area contributed by atoms with E-state index in [1.54, 1.807) is 20.3 Å². The molecule has 0 fully saturated rings. The van der Waals surface area contributed by atoms with E-state index in [4.69, 9.17) is 12.5 Å². The van der Waals surface area contributed by atoms with Crippen molar-refractivity contribution in [3.8, 4) is 21.0 Å². The van der Waals surface area contributed by atoms with E-state index in [2.05, 4.69) is 51.0 Å². The predicted molar refractivity (Wildman–Crippen MR) is 117 cm³/mol. The van der Waals surface area contributed by atoms with Crippen molar-refractivity contribution in [1.29, 1.82) is 0 Å². The molecule has 144 valence electrons. The zero-order valence-corrected chi connectivity index (χ0v) is 20.1. The summed E-state index contributed by atoms with van der Waals surface area (Å²) in [6, 6.07) is 3.59. The van der Waals surface area contributed by atoms with Crippen molar-refractivity contribution in [1.82, 2.24) is 0 Å². The van der Waals surface area contributed by atoms with E-state index < -0.39 is 28.3 Å². The molecule has 1 aliphatic rings. The summed E-state index contributed by atoms with van der Waals surface area (Å²) < 4.78 is 20.8. The minimum atomic E-state index is -2.35. The Morgan fingerprint density at radius 3 is 1.92 bits per heavy atom. The first-order valence-corrected chi connectivity index (χ1v) is 14.2. The number of halogens is 1. The molecule has 6 heteroatoms. The maximum absolute atomic E-state index is 12.3. The number of ether oxygens (including phenoxy) is 2. The van der Waals surface area contributed by atoms with Crippen molar-refractivity contribution in [2.75, 3.05) is 14.2 Å². The van der Waals surface area contributed by atoms with Crippen LogP contribution >= 0.6 is 20.2 Å². The van der Waals surface area contributed by atoms with Crippen LogP contribution in [-0.4, -0.2) is 28.3 Å². The summed E-state index contributed by atoms with van der Waals surface area (Å²) >= 11 is -2.35. The van der Waals surface area contributed by atoms with Crippen LogP contribution in [0.4, 0.5) is 0 Å². The first kappa shape index (κ1) is 21.1. The van der Waals surface area contributed by atoms with E-state index in [1.165, 1.54) is 0 Å². The second-order valence-corrected chi connectivity index (χ2v) is 16.6. The number of carbonyl (C=O) groups excluding carboxylic acids is 1. The van der Waals surface area contributed by atoms with Gasteiger partial charge in [0, 0.05) is 0 Å². The van der Waals surface area contributed by atoms with Gasteiger partial charge in [0.1, 0.15) is 0 Å². The van der Waals surface area contributed by atoms with Crippen LogP contribution in [0.5, 0.6) is 11.5 Å². The van der Waals surface area contributed by atoms with Crippen LogP contribution in [0.1, 0.15) is 51.9 Å². The van der Waals surface area contributed by atoms with Crippen molar-refractivity contribution in [2.45, 2.75) is 58.2 Å². The Labute approximate surface area is 165 Å². The van der Waals surface area contributed by atoms with E-state index in [-0.39, 0.29) is 5.97 Å². The quantitative estimate of drug-likeness (QED) is 0.306. The van der Waals surface area contributed by atoms with Gasteiger partial charge < -0.3 is 0 Å². The summed E-state index contributed by atoms with van der Waals surface area (Å²) in [5, 5.41) is 0. The Hall–Kier alpha value is -1.20. The van der Waals surface area contributed by atoms with Gasteiger partial charge in [0.25, 0.3) is 0 Å². The molecule has 26 heavy (non-hydrogen) atoms. The Bertz CT molecular complexity index is 724. The average molecular weight is 488 g/mol. The summed E-state index contributed by atoms with van der Waals surface area (Å²) in [6.07, 6.45) is 0. The SMILES string of the molecule is COc1cc2c(cc1OC)I(C#C[Si](C(C)C)(C(C)C)C(C)C)OC2=O. The zero-order chi connectivity index (χ0) is 19.6. The molecular weight excluding hydrogens is 459 g/mol. The average Bonchev–Trinajstić information content (AvgIpc) is 2.88. The number of hydrogen-bond acceptors (Lipinski definition) is 4. The molecule has 1 aliphatic heterocycles. The molecule has 0 atom stereocenters. The van der Waals surface area contributed by atoms with Crippen LogP contribution < -0.4 is 9.47 Å². The summed E-state index contributed by atoms with van der Waals surface area (Å²) in [5.74, 6) is 0.879. The van der Waals surface area contributed by atoms with Gasteiger partial charge in [-0.2, -0.15) is 0 Å². The normalized spacial score (nSPS) is 15.0. The summed E-state index contributed by atoms with van der Waals surface area (Å²) in [6.45, 7) is 13.7. The Balaban J connectivity index is 2.52. The topological polar surface area (TPSA) is 44.8 Å². The second-order valence-electron chi connectivity index (χ2n) is 7.42. The number of benzene rings is 1. The van der Waals surface area contributed by atoms with Crippen molar-refractivity contribution in [3.63, 3.8) is 0 Å². The molecule has 0 bridgehead atoms. The van der Waals surface area contributed by atoms with Crippen LogP contribution in [0.2, 0.25) is 16.6 Å². The van der Waals surface area contributed by atoms with Crippen LogP contribution in [0.25, 0.3) is 0 Å². The molecule has 1 aromatic rings. The molecule has 0 saturated carbocycles. The molecular formula is C20H29IO4Si. The maximum atomic E-state index is 12.3. The third kappa shape index (κ3) is 3.61. The Morgan fingerprint density at radius 2 is 1.46 bits per heavy atom. The molecule has 2 rings (SSSR count). The summed E-state index contributed by atoms with van der Waals surface area (Å²) in [5.41, 5.74) is 5.94. The standard InChI is InChI=1S/C20H29IO4Si/c1-13(2)26(14(3)4,15(5)6)10-9-21-17-12-19(24-8)18(23-7)11-16(17)20(22)25-21/h11-15H,1-8H3. The minimum absolute atomic E-state index is 0.286. The predicted octanol–water partition coefficient (Wildman–Crippen LogP) is 5.64. The van der Waals surface area contributed by atoms with Crippen molar-refractivity contribution in [3.05, 3.63) is 21.3 Å².